The van der Waals surface area contributed by atoms with E-state index in [1.807, 2.05) is 6.07 Å². The average molecular weight is 431 g/mol. The Labute approximate surface area is 172 Å². The summed E-state index contributed by atoms with van der Waals surface area (Å²) in [6.07, 6.45) is 4.60. The number of rotatable bonds is 4. The second-order valence-electron chi connectivity index (χ2n) is 5.85. The summed E-state index contributed by atoms with van der Waals surface area (Å²) in [5.74, 6) is -1.67. The van der Waals surface area contributed by atoms with E-state index < -0.39 is 22.4 Å². The third-order valence-electron chi connectivity index (χ3n) is 4.04. The fourth-order valence-electron chi connectivity index (χ4n) is 2.72. The molecule has 0 aliphatic heterocycles. The highest BCUT2D eigenvalue weighted by atomic mass is 35.5. The Morgan fingerprint density at radius 3 is 2.93 bits per heavy atom. The monoisotopic (exact) mass is 430 g/mol. The Hall–Kier alpha value is -3.17. The van der Waals surface area contributed by atoms with Crippen LogP contribution in [0.1, 0.15) is 17.3 Å². The molecule has 0 aliphatic rings. The Balaban J connectivity index is 1.97. The molecule has 4 rings (SSSR count). The van der Waals surface area contributed by atoms with E-state index in [2.05, 4.69) is 15.0 Å². The molecule has 10 heteroatoms. The molecule has 0 unspecified atom stereocenters. The first-order chi connectivity index (χ1) is 14.0. The summed E-state index contributed by atoms with van der Waals surface area (Å²) in [6, 6.07) is 4.60. The molecule has 7 nitrogen and oxygen atoms in total. The number of hydrogen-bond donors (Lipinski definition) is 0. The summed E-state index contributed by atoms with van der Waals surface area (Å²) < 4.78 is 20.4. The van der Waals surface area contributed by atoms with Crippen molar-refractivity contribution in [1.82, 2.24) is 19.5 Å². The fraction of sp³-hybridized carbons (Fsp3) is 0.105. The smallest absolute Gasteiger partial charge is 0.343 e. The molecule has 0 saturated heterocycles. The standard InChI is InChI=1S/C19H12ClFN4O3S/c1-2-28-18(27)12-8-25(17-11(15(12)26)6-13(21)16(20)24-17)19-23-14(9-29-19)10-4-3-5-22-7-10/h3-9H,2H2,1H3. The highest BCUT2D eigenvalue weighted by Gasteiger charge is 2.21. The lowest BCUT2D eigenvalue weighted by molar-refractivity contribution is 0.0524. The van der Waals surface area contributed by atoms with Gasteiger partial charge in [0.2, 0.25) is 5.43 Å². The molecule has 0 aromatic carbocycles. The van der Waals surface area contributed by atoms with Crippen LogP contribution in [-0.2, 0) is 4.74 Å². The van der Waals surface area contributed by atoms with Crippen molar-refractivity contribution in [2.75, 3.05) is 6.61 Å². The summed E-state index contributed by atoms with van der Waals surface area (Å²) >= 11 is 7.09. The molecular weight excluding hydrogens is 419 g/mol. The van der Waals surface area contributed by atoms with Crippen molar-refractivity contribution in [3.63, 3.8) is 0 Å². The number of fused-ring (bicyclic) bond motifs is 1. The molecule has 0 fully saturated rings. The summed E-state index contributed by atoms with van der Waals surface area (Å²) in [5.41, 5.74) is 0.586. The maximum absolute atomic E-state index is 14.0. The van der Waals surface area contributed by atoms with Crippen LogP contribution >= 0.6 is 22.9 Å². The van der Waals surface area contributed by atoms with Crippen LogP contribution in [0.4, 0.5) is 4.39 Å². The van der Waals surface area contributed by atoms with Gasteiger partial charge in [-0.05, 0) is 25.1 Å². The molecular formula is C19H12ClFN4O3S. The third kappa shape index (κ3) is 3.50. The molecule has 0 bridgehead atoms. The first kappa shape index (κ1) is 19.2. The highest BCUT2D eigenvalue weighted by molar-refractivity contribution is 7.12. The fourth-order valence-corrected chi connectivity index (χ4v) is 3.67. The van der Waals surface area contributed by atoms with E-state index in [1.54, 1.807) is 30.8 Å². The van der Waals surface area contributed by atoms with Crippen LogP contribution in [0.5, 0.6) is 0 Å². The number of halogens is 2. The van der Waals surface area contributed by atoms with Crippen molar-refractivity contribution < 1.29 is 13.9 Å². The van der Waals surface area contributed by atoms with Crippen LogP contribution < -0.4 is 5.43 Å². The highest BCUT2D eigenvalue weighted by Crippen LogP contribution is 2.26. The first-order valence-electron chi connectivity index (χ1n) is 8.44. The van der Waals surface area contributed by atoms with Crippen molar-refractivity contribution in [3.05, 3.63) is 68.9 Å². The van der Waals surface area contributed by atoms with Gasteiger partial charge in [-0.15, -0.1) is 11.3 Å². The lowest BCUT2D eigenvalue weighted by atomic mass is 10.2. The topological polar surface area (TPSA) is 87.0 Å². The Kier molecular flexibility index (Phi) is 5.08. The molecule has 0 atom stereocenters. The van der Waals surface area contributed by atoms with Crippen LogP contribution in [0.2, 0.25) is 5.15 Å². The zero-order valence-electron chi connectivity index (χ0n) is 14.9. The van der Waals surface area contributed by atoms with Crippen molar-refractivity contribution in [1.29, 1.82) is 0 Å². The van der Waals surface area contributed by atoms with Gasteiger partial charge in [-0.2, -0.15) is 0 Å². The maximum atomic E-state index is 14.0. The van der Waals surface area contributed by atoms with E-state index >= 15 is 0 Å². The Morgan fingerprint density at radius 1 is 1.38 bits per heavy atom. The zero-order chi connectivity index (χ0) is 20.5. The molecule has 29 heavy (non-hydrogen) atoms. The number of esters is 1. The molecule has 0 saturated carbocycles. The summed E-state index contributed by atoms with van der Waals surface area (Å²) in [5, 5.41) is 1.72. The maximum Gasteiger partial charge on any atom is 0.343 e. The van der Waals surface area contributed by atoms with Crippen LogP contribution in [-0.4, -0.2) is 32.1 Å². The van der Waals surface area contributed by atoms with Gasteiger partial charge in [0.25, 0.3) is 0 Å². The van der Waals surface area contributed by atoms with Gasteiger partial charge in [0.15, 0.2) is 21.7 Å². The second kappa shape index (κ2) is 7.69. The van der Waals surface area contributed by atoms with Gasteiger partial charge < -0.3 is 4.74 Å². The molecule has 0 amide bonds. The lowest BCUT2D eigenvalue weighted by Crippen LogP contribution is -2.21. The summed E-state index contributed by atoms with van der Waals surface area (Å²) in [4.78, 5) is 37.6. The van der Waals surface area contributed by atoms with Crippen molar-refractivity contribution >= 4 is 39.9 Å². The molecule has 4 heterocycles. The van der Waals surface area contributed by atoms with Crippen molar-refractivity contribution in [2.24, 2.45) is 0 Å². The van der Waals surface area contributed by atoms with E-state index in [1.165, 1.54) is 22.1 Å². The number of nitrogens with zero attached hydrogens (tertiary/aromatic N) is 4. The Morgan fingerprint density at radius 2 is 2.21 bits per heavy atom. The number of hydrogen-bond acceptors (Lipinski definition) is 7. The Bertz CT molecular complexity index is 1290. The van der Waals surface area contributed by atoms with E-state index in [0.29, 0.717) is 10.8 Å². The number of thiazole rings is 1. The predicted molar refractivity (Wildman–Crippen MR) is 107 cm³/mol. The van der Waals surface area contributed by atoms with Crippen LogP contribution in [0.25, 0.3) is 27.4 Å². The van der Waals surface area contributed by atoms with Gasteiger partial charge in [0.1, 0.15) is 5.56 Å². The average Bonchev–Trinajstić information content (AvgIpc) is 3.21. The van der Waals surface area contributed by atoms with Crippen molar-refractivity contribution in [3.8, 4) is 16.4 Å². The van der Waals surface area contributed by atoms with Gasteiger partial charge in [-0.25, -0.2) is 19.2 Å². The minimum absolute atomic E-state index is 0.0848. The molecule has 4 aromatic rings. The van der Waals surface area contributed by atoms with Gasteiger partial charge >= 0.3 is 5.97 Å². The lowest BCUT2D eigenvalue weighted by Gasteiger charge is -2.10. The van der Waals surface area contributed by atoms with E-state index in [-0.39, 0.29) is 23.2 Å². The molecule has 0 spiro atoms. The van der Waals surface area contributed by atoms with Crippen LogP contribution in [0.15, 0.2) is 47.0 Å². The van der Waals surface area contributed by atoms with Gasteiger partial charge in [0, 0.05) is 29.5 Å². The number of aromatic nitrogens is 4. The van der Waals surface area contributed by atoms with Gasteiger partial charge in [-0.3, -0.25) is 14.3 Å². The van der Waals surface area contributed by atoms with Gasteiger partial charge in [-0.1, -0.05) is 11.6 Å². The van der Waals surface area contributed by atoms with Gasteiger partial charge in [0.05, 0.1) is 17.7 Å². The van der Waals surface area contributed by atoms with Crippen LogP contribution in [0, 0.1) is 5.82 Å². The normalized spacial score (nSPS) is 11.0. The number of carbonyl (C=O) groups excluding carboxylic acids is 1. The molecule has 4 aromatic heterocycles. The zero-order valence-corrected chi connectivity index (χ0v) is 16.5. The van der Waals surface area contributed by atoms with Crippen LogP contribution in [0.3, 0.4) is 0 Å². The first-order valence-corrected chi connectivity index (χ1v) is 9.70. The minimum Gasteiger partial charge on any atom is -0.462 e. The summed E-state index contributed by atoms with van der Waals surface area (Å²) in [7, 11) is 0. The number of pyridine rings is 3. The molecule has 0 N–H and O–H groups in total. The minimum atomic E-state index is -0.862. The molecule has 0 aliphatic carbocycles. The van der Waals surface area contributed by atoms with Crippen molar-refractivity contribution in [2.45, 2.75) is 6.92 Å². The van der Waals surface area contributed by atoms with E-state index in [9.17, 15) is 14.0 Å². The second-order valence-corrected chi connectivity index (χ2v) is 7.05. The van der Waals surface area contributed by atoms with E-state index in [4.69, 9.17) is 16.3 Å². The SMILES string of the molecule is CCOC(=O)c1cn(-c2nc(-c3cccnc3)cs2)c2nc(Cl)c(F)cc2c1=O. The van der Waals surface area contributed by atoms with E-state index in [0.717, 1.165) is 11.6 Å². The predicted octanol–water partition coefficient (Wildman–Crippen LogP) is 3.87. The number of ether oxygens (including phenoxy) is 1. The quantitative estimate of drug-likeness (QED) is 0.361. The summed E-state index contributed by atoms with van der Waals surface area (Å²) in [6.45, 7) is 1.71. The molecule has 0 radical (unpaired) electrons. The molecule has 146 valence electrons. The largest absolute Gasteiger partial charge is 0.462 e. The number of carbonyl (C=O) groups is 1. The third-order valence-corrected chi connectivity index (χ3v) is 5.14.